The van der Waals surface area contributed by atoms with Gasteiger partial charge in [-0.2, -0.15) is 0 Å². The monoisotopic (exact) mass is 377 g/mol. The molecule has 28 heavy (non-hydrogen) atoms. The van der Waals surface area contributed by atoms with Crippen LogP contribution in [-0.4, -0.2) is 43.9 Å². The van der Waals surface area contributed by atoms with Gasteiger partial charge < -0.3 is 15.2 Å². The summed E-state index contributed by atoms with van der Waals surface area (Å²) in [4.78, 5) is 55.9. The number of nitrogens with one attached hydrogen (secondary N) is 1. The molecule has 2 heterocycles. The van der Waals surface area contributed by atoms with E-state index in [1.54, 1.807) is 6.07 Å². The van der Waals surface area contributed by atoms with Gasteiger partial charge in [0.05, 0.1) is 46.2 Å². The third-order valence-corrected chi connectivity index (χ3v) is 4.41. The van der Waals surface area contributed by atoms with Crippen LogP contribution in [0.2, 0.25) is 0 Å². The minimum absolute atomic E-state index is 0.0176. The number of aromatic carboxylic acids is 2. The summed E-state index contributed by atoms with van der Waals surface area (Å²) >= 11 is 0. The number of rotatable bonds is 4. The van der Waals surface area contributed by atoms with Crippen molar-refractivity contribution < 1.29 is 29.4 Å². The van der Waals surface area contributed by atoms with Crippen LogP contribution in [0.1, 0.15) is 41.4 Å². The summed E-state index contributed by atoms with van der Waals surface area (Å²) in [6, 6.07) is 7.82. The number of carbonyl (C=O) groups excluding carboxylic acids is 2. The molecule has 9 heteroatoms. The summed E-state index contributed by atoms with van der Waals surface area (Å²) in [6.07, 6.45) is 2.95. The number of fused-ring (bicyclic) bond motifs is 1. The summed E-state index contributed by atoms with van der Waals surface area (Å²) in [5, 5.41) is 18.7. The molecule has 3 aromatic rings. The van der Waals surface area contributed by atoms with Crippen LogP contribution >= 0.6 is 0 Å². The number of imidazole rings is 1. The van der Waals surface area contributed by atoms with Crippen molar-refractivity contribution in [3.8, 4) is 11.3 Å². The van der Waals surface area contributed by atoms with Crippen molar-refractivity contribution in [1.82, 2.24) is 9.97 Å². The number of hydrogen-bond acceptors (Lipinski definition) is 5. The molecule has 1 aliphatic heterocycles. The number of benzene rings is 2. The number of carbonyl (C=O) groups is 4. The van der Waals surface area contributed by atoms with E-state index in [1.807, 2.05) is 0 Å². The molecule has 0 atom stereocenters. The van der Waals surface area contributed by atoms with Crippen molar-refractivity contribution in [1.29, 1.82) is 0 Å². The second-order valence-electron chi connectivity index (χ2n) is 6.01. The SMILES string of the molecule is O=C(O)c1ccc2c(c1)C(=O)N(c1ccc(-c3cnc[nH]3)cc1C(=O)O)C2=O. The molecule has 0 fully saturated rings. The molecule has 1 aromatic heterocycles. The Morgan fingerprint density at radius 2 is 1.68 bits per heavy atom. The van der Waals surface area contributed by atoms with Gasteiger partial charge in [-0.15, -0.1) is 0 Å². The van der Waals surface area contributed by atoms with Crippen molar-refractivity contribution in [3.05, 3.63) is 71.2 Å². The topological polar surface area (TPSA) is 141 Å². The predicted molar refractivity (Wildman–Crippen MR) is 95.5 cm³/mol. The predicted octanol–water partition coefficient (Wildman–Crippen LogP) is 2.27. The fraction of sp³-hybridized carbons (Fsp3) is 0. The van der Waals surface area contributed by atoms with Crippen LogP contribution in [0.25, 0.3) is 11.3 Å². The van der Waals surface area contributed by atoms with E-state index in [1.165, 1.54) is 36.8 Å². The van der Waals surface area contributed by atoms with Crippen LogP contribution in [0.15, 0.2) is 48.9 Å². The molecule has 4 rings (SSSR count). The number of carboxylic acids is 2. The quantitative estimate of drug-likeness (QED) is 0.592. The zero-order chi connectivity index (χ0) is 20.0. The zero-order valence-corrected chi connectivity index (χ0v) is 14.0. The maximum atomic E-state index is 12.8. The summed E-state index contributed by atoms with van der Waals surface area (Å²) in [7, 11) is 0. The van der Waals surface area contributed by atoms with Gasteiger partial charge in [-0.3, -0.25) is 9.59 Å². The molecule has 1 aliphatic rings. The van der Waals surface area contributed by atoms with E-state index in [2.05, 4.69) is 9.97 Å². The third kappa shape index (κ3) is 2.53. The van der Waals surface area contributed by atoms with Gasteiger partial charge in [0.15, 0.2) is 0 Å². The third-order valence-electron chi connectivity index (χ3n) is 4.41. The van der Waals surface area contributed by atoms with Crippen molar-refractivity contribution >= 4 is 29.4 Å². The molecule has 138 valence electrons. The number of anilines is 1. The van der Waals surface area contributed by atoms with E-state index >= 15 is 0 Å². The van der Waals surface area contributed by atoms with E-state index in [9.17, 15) is 24.3 Å². The van der Waals surface area contributed by atoms with E-state index in [-0.39, 0.29) is 27.9 Å². The van der Waals surface area contributed by atoms with E-state index in [0.717, 1.165) is 11.0 Å². The van der Waals surface area contributed by atoms with Gasteiger partial charge in [-0.1, -0.05) is 6.07 Å². The Hall–Kier alpha value is -4.27. The standard InChI is InChI=1S/C19H11N3O6/c23-16-11-3-1-10(18(25)26)6-12(11)17(24)22(16)15-4-2-9(5-13(15)19(27)28)14-7-20-8-21-14/h1-8H,(H,20,21)(H,25,26)(H,27,28). The van der Waals surface area contributed by atoms with Gasteiger partial charge in [0.2, 0.25) is 0 Å². The van der Waals surface area contributed by atoms with E-state index in [4.69, 9.17) is 5.11 Å². The number of amides is 2. The first-order chi connectivity index (χ1) is 13.4. The van der Waals surface area contributed by atoms with Gasteiger partial charge >= 0.3 is 11.9 Å². The lowest BCUT2D eigenvalue weighted by Gasteiger charge is -2.17. The number of aromatic nitrogens is 2. The van der Waals surface area contributed by atoms with Crippen LogP contribution < -0.4 is 4.90 Å². The Morgan fingerprint density at radius 1 is 0.929 bits per heavy atom. The lowest BCUT2D eigenvalue weighted by atomic mass is 10.1. The normalized spacial score (nSPS) is 12.9. The fourth-order valence-corrected chi connectivity index (χ4v) is 3.08. The van der Waals surface area contributed by atoms with Crippen LogP contribution in [-0.2, 0) is 0 Å². The van der Waals surface area contributed by atoms with Crippen LogP contribution in [0.4, 0.5) is 5.69 Å². The lowest BCUT2D eigenvalue weighted by Crippen LogP contribution is -2.31. The highest BCUT2D eigenvalue weighted by Crippen LogP contribution is 2.33. The molecule has 3 N–H and O–H groups in total. The molecule has 0 unspecified atom stereocenters. The summed E-state index contributed by atoms with van der Waals surface area (Å²) < 4.78 is 0. The van der Waals surface area contributed by atoms with E-state index < -0.39 is 23.8 Å². The highest BCUT2D eigenvalue weighted by Gasteiger charge is 2.39. The van der Waals surface area contributed by atoms with Crippen molar-refractivity contribution in [3.63, 3.8) is 0 Å². The maximum absolute atomic E-state index is 12.8. The lowest BCUT2D eigenvalue weighted by molar-refractivity contribution is 0.0686. The molecular formula is C19H11N3O6. The second-order valence-corrected chi connectivity index (χ2v) is 6.01. The maximum Gasteiger partial charge on any atom is 0.337 e. The molecular weight excluding hydrogens is 366 g/mol. The number of H-pyrrole nitrogens is 1. The smallest absolute Gasteiger partial charge is 0.337 e. The Balaban J connectivity index is 1.83. The number of imide groups is 1. The van der Waals surface area contributed by atoms with Crippen molar-refractivity contribution in [2.45, 2.75) is 0 Å². The van der Waals surface area contributed by atoms with Gasteiger partial charge in [0, 0.05) is 5.56 Å². The first kappa shape index (κ1) is 17.2. The molecule has 9 nitrogen and oxygen atoms in total. The van der Waals surface area contributed by atoms with Gasteiger partial charge in [0.1, 0.15) is 0 Å². The van der Waals surface area contributed by atoms with Crippen LogP contribution in [0, 0.1) is 0 Å². The summed E-state index contributed by atoms with van der Waals surface area (Å²) in [5.74, 6) is -4.05. The molecule has 2 aromatic carbocycles. The average molecular weight is 377 g/mol. The molecule has 0 spiro atoms. The molecule has 0 radical (unpaired) electrons. The average Bonchev–Trinajstić information content (AvgIpc) is 3.29. The molecule has 0 saturated heterocycles. The number of nitrogens with zero attached hydrogens (tertiary/aromatic N) is 2. The zero-order valence-electron chi connectivity index (χ0n) is 14.0. The van der Waals surface area contributed by atoms with Gasteiger partial charge in [-0.05, 0) is 30.3 Å². The van der Waals surface area contributed by atoms with Gasteiger partial charge in [-0.25, -0.2) is 19.5 Å². The summed E-state index contributed by atoms with van der Waals surface area (Å²) in [5.41, 5.74) is 0.530. The Bertz CT molecular complexity index is 1170. The molecule has 2 amide bonds. The summed E-state index contributed by atoms with van der Waals surface area (Å²) in [6.45, 7) is 0. The highest BCUT2D eigenvalue weighted by molar-refractivity contribution is 6.35. The molecule has 0 aliphatic carbocycles. The number of hydrogen-bond donors (Lipinski definition) is 3. The Kier molecular flexibility index (Phi) is 3.78. The Labute approximate surface area is 156 Å². The van der Waals surface area contributed by atoms with E-state index in [0.29, 0.717) is 11.3 Å². The Morgan fingerprint density at radius 3 is 2.32 bits per heavy atom. The number of carboxylic acid groups (broad SMARTS) is 2. The first-order valence-electron chi connectivity index (χ1n) is 8.00. The number of aromatic amines is 1. The highest BCUT2D eigenvalue weighted by atomic mass is 16.4. The first-order valence-corrected chi connectivity index (χ1v) is 8.00. The minimum Gasteiger partial charge on any atom is -0.478 e. The van der Waals surface area contributed by atoms with Crippen LogP contribution in [0.5, 0.6) is 0 Å². The fourth-order valence-electron chi connectivity index (χ4n) is 3.08. The minimum atomic E-state index is -1.32. The molecule has 0 bridgehead atoms. The molecule has 0 saturated carbocycles. The van der Waals surface area contributed by atoms with Crippen molar-refractivity contribution in [2.75, 3.05) is 4.90 Å². The van der Waals surface area contributed by atoms with Crippen molar-refractivity contribution in [2.24, 2.45) is 0 Å². The van der Waals surface area contributed by atoms with Crippen LogP contribution in [0.3, 0.4) is 0 Å². The second kappa shape index (κ2) is 6.16. The van der Waals surface area contributed by atoms with Gasteiger partial charge in [0.25, 0.3) is 11.8 Å². The largest absolute Gasteiger partial charge is 0.478 e.